The van der Waals surface area contributed by atoms with Crippen LogP contribution in [-0.2, 0) is 20.9 Å². The molecule has 0 aromatic carbocycles. The number of anilines is 1. The summed E-state index contributed by atoms with van der Waals surface area (Å²) in [7, 11) is 1.63. The van der Waals surface area contributed by atoms with Crippen molar-refractivity contribution in [1.82, 2.24) is 19.6 Å². The summed E-state index contributed by atoms with van der Waals surface area (Å²) in [4.78, 5) is 22.9. The lowest BCUT2D eigenvalue weighted by Crippen LogP contribution is -2.34. The molecule has 1 aliphatic rings. The molecule has 3 heterocycles. The summed E-state index contributed by atoms with van der Waals surface area (Å²) in [5, 5.41) is 4.24. The maximum absolute atomic E-state index is 12.2. The quantitative estimate of drug-likeness (QED) is 0.762. The molecule has 1 unspecified atom stereocenters. The van der Waals surface area contributed by atoms with E-state index >= 15 is 0 Å². The number of esters is 1. The molecule has 0 saturated carbocycles. The van der Waals surface area contributed by atoms with Crippen molar-refractivity contribution in [3.63, 3.8) is 0 Å². The van der Waals surface area contributed by atoms with Crippen LogP contribution in [0.2, 0.25) is 0 Å². The van der Waals surface area contributed by atoms with E-state index in [2.05, 4.69) is 20.0 Å². The van der Waals surface area contributed by atoms with Crippen LogP contribution in [0, 0.1) is 5.41 Å². The van der Waals surface area contributed by atoms with Gasteiger partial charge in [-0.15, -0.1) is 0 Å². The van der Waals surface area contributed by atoms with E-state index < -0.39 is 5.41 Å². The number of methoxy groups -OCH3 is 1. The zero-order valence-corrected chi connectivity index (χ0v) is 13.7. The van der Waals surface area contributed by atoms with Gasteiger partial charge in [0, 0.05) is 26.3 Å². The SMILES string of the molecule is CCOC(=O)C1(C)CCN(c2cc(COC)nc3ncnn23)C1. The van der Waals surface area contributed by atoms with Gasteiger partial charge in [0.15, 0.2) is 0 Å². The first kappa shape index (κ1) is 15.7. The number of rotatable bonds is 5. The van der Waals surface area contributed by atoms with Gasteiger partial charge in [-0.3, -0.25) is 4.79 Å². The minimum Gasteiger partial charge on any atom is -0.466 e. The topological polar surface area (TPSA) is 81.8 Å². The van der Waals surface area contributed by atoms with Gasteiger partial charge in [-0.1, -0.05) is 0 Å². The maximum Gasteiger partial charge on any atom is 0.313 e. The van der Waals surface area contributed by atoms with E-state index in [4.69, 9.17) is 9.47 Å². The fourth-order valence-corrected chi connectivity index (χ4v) is 2.92. The molecule has 8 nitrogen and oxygen atoms in total. The lowest BCUT2D eigenvalue weighted by Gasteiger charge is -2.24. The highest BCUT2D eigenvalue weighted by atomic mass is 16.5. The van der Waals surface area contributed by atoms with Crippen LogP contribution in [0.1, 0.15) is 26.0 Å². The van der Waals surface area contributed by atoms with Gasteiger partial charge in [-0.2, -0.15) is 14.6 Å². The Hall–Kier alpha value is -2.22. The highest BCUT2D eigenvalue weighted by Crippen LogP contribution is 2.34. The molecule has 8 heteroatoms. The normalized spacial score (nSPS) is 21.1. The molecule has 3 rings (SSSR count). The summed E-state index contributed by atoms with van der Waals surface area (Å²) in [5.41, 5.74) is 0.279. The second kappa shape index (κ2) is 6.11. The summed E-state index contributed by atoms with van der Waals surface area (Å²) in [6.07, 6.45) is 2.22. The van der Waals surface area contributed by atoms with Crippen molar-refractivity contribution in [2.75, 3.05) is 31.7 Å². The monoisotopic (exact) mass is 319 g/mol. The Balaban J connectivity index is 1.91. The Kier molecular flexibility index (Phi) is 4.16. The second-order valence-corrected chi connectivity index (χ2v) is 5.96. The fourth-order valence-electron chi connectivity index (χ4n) is 2.92. The van der Waals surface area contributed by atoms with Crippen molar-refractivity contribution in [1.29, 1.82) is 0 Å². The van der Waals surface area contributed by atoms with Crippen molar-refractivity contribution in [2.45, 2.75) is 26.9 Å². The first-order valence-corrected chi connectivity index (χ1v) is 7.68. The van der Waals surface area contributed by atoms with Crippen molar-refractivity contribution >= 4 is 17.6 Å². The van der Waals surface area contributed by atoms with Crippen molar-refractivity contribution in [2.24, 2.45) is 5.41 Å². The number of hydrogen-bond acceptors (Lipinski definition) is 7. The van der Waals surface area contributed by atoms with Gasteiger partial charge in [0.1, 0.15) is 12.1 Å². The van der Waals surface area contributed by atoms with E-state index in [1.54, 1.807) is 11.6 Å². The number of carbonyl (C=O) groups is 1. The number of aromatic nitrogens is 4. The number of carbonyl (C=O) groups excluding carboxylic acids is 1. The molecule has 1 aliphatic heterocycles. The van der Waals surface area contributed by atoms with Crippen molar-refractivity contribution < 1.29 is 14.3 Å². The Morgan fingerprint density at radius 2 is 2.30 bits per heavy atom. The molecule has 124 valence electrons. The Bertz CT molecular complexity index is 716. The number of hydrogen-bond donors (Lipinski definition) is 0. The summed E-state index contributed by atoms with van der Waals surface area (Å²) in [6.45, 7) is 5.90. The van der Waals surface area contributed by atoms with Gasteiger partial charge in [0.25, 0.3) is 5.78 Å². The van der Waals surface area contributed by atoms with Gasteiger partial charge in [-0.25, -0.2) is 4.98 Å². The van der Waals surface area contributed by atoms with Crippen LogP contribution in [0.25, 0.3) is 5.78 Å². The predicted octanol–water partition coefficient (Wildman–Crippen LogP) is 1.05. The van der Waals surface area contributed by atoms with Crippen LogP contribution in [0.5, 0.6) is 0 Å². The Morgan fingerprint density at radius 1 is 1.48 bits per heavy atom. The molecule has 0 aliphatic carbocycles. The number of nitrogens with zero attached hydrogens (tertiary/aromatic N) is 5. The smallest absolute Gasteiger partial charge is 0.313 e. The third kappa shape index (κ3) is 2.86. The highest BCUT2D eigenvalue weighted by molar-refractivity contribution is 5.78. The average molecular weight is 319 g/mol. The standard InChI is InChI=1S/C15H21N5O3/c1-4-23-13(21)15(2)5-6-19(9-15)12-7-11(8-22-3)18-14-16-10-17-20(12)14/h7,10H,4-6,8-9H2,1-3H3. The molecule has 0 N–H and O–H groups in total. The molecule has 0 bridgehead atoms. The van der Waals surface area contributed by atoms with Gasteiger partial charge >= 0.3 is 5.97 Å². The predicted molar refractivity (Wildman–Crippen MR) is 83.1 cm³/mol. The van der Waals surface area contributed by atoms with Crippen LogP contribution in [0.3, 0.4) is 0 Å². The molecule has 2 aromatic heterocycles. The second-order valence-electron chi connectivity index (χ2n) is 5.96. The molecule has 1 fully saturated rings. The Labute approximate surface area is 134 Å². The van der Waals surface area contributed by atoms with Gasteiger partial charge in [0.2, 0.25) is 0 Å². The molecular formula is C15H21N5O3. The van der Waals surface area contributed by atoms with E-state index in [9.17, 15) is 4.79 Å². The Morgan fingerprint density at radius 3 is 3.04 bits per heavy atom. The highest BCUT2D eigenvalue weighted by Gasteiger charge is 2.42. The van der Waals surface area contributed by atoms with Crippen LogP contribution >= 0.6 is 0 Å². The van der Waals surface area contributed by atoms with E-state index in [-0.39, 0.29) is 5.97 Å². The molecule has 0 radical (unpaired) electrons. The van der Waals surface area contributed by atoms with E-state index in [1.807, 2.05) is 19.9 Å². The number of ether oxygens (including phenoxy) is 2. The van der Waals surface area contributed by atoms with Crippen molar-refractivity contribution in [3.05, 3.63) is 18.1 Å². The molecule has 1 atom stereocenters. The zero-order valence-electron chi connectivity index (χ0n) is 13.7. The summed E-state index contributed by atoms with van der Waals surface area (Å²) in [5.74, 6) is 1.25. The molecule has 0 amide bonds. The van der Waals surface area contributed by atoms with E-state index in [1.165, 1.54) is 6.33 Å². The van der Waals surface area contributed by atoms with E-state index in [0.29, 0.717) is 25.5 Å². The third-order valence-electron chi connectivity index (χ3n) is 4.14. The minimum atomic E-state index is -0.506. The van der Waals surface area contributed by atoms with Crippen LogP contribution in [0.4, 0.5) is 5.82 Å². The fraction of sp³-hybridized carbons (Fsp3) is 0.600. The van der Waals surface area contributed by atoms with E-state index in [0.717, 1.165) is 24.5 Å². The van der Waals surface area contributed by atoms with Crippen LogP contribution in [0.15, 0.2) is 12.4 Å². The van der Waals surface area contributed by atoms with Crippen LogP contribution in [-0.4, -0.2) is 52.4 Å². The number of fused-ring (bicyclic) bond motifs is 1. The summed E-state index contributed by atoms with van der Waals surface area (Å²) in [6, 6.07) is 1.93. The summed E-state index contributed by atoms with van der Waals surface area (Å²) >= 11 is 0. The lowest BCUT2D eigenvalue weighted by molar-refractivity contribution is -0.153. The van der Waals surface area contributed by atoms with Gasteiger partial charge in [-0.05, 0) is 20.3 Å². The molecule has 23 heavy (non-hydrogen) atoms. The van der Waals surface area contributed by atoms with Gasteiger partial charge < -0.3 is 14.4 Å². The lowest BCUT2D eigenvalue weighted by atomic mass is 9.90. The largest absolute Gasteiger partial charge is 0.466 e. The molecular weight excluding hydrogens is 298 g/mol. The van der Waals surface area contributed by atoms with Crippen LogP contribution < -0.4 is 4.90 Å². The first-order chi connectivity index (χ1) is 11.1. The van der Waals surface area contributed by atoms with Gasteiger partial charge in [0.05, 0.1) is 24.3 Å². The maximum atomic E-state index is 12.2. The molecule has 1 saturated heterocycles. The first-order valence-electron chi connectivity index (χ1n) is 7.68. The molecule has 0 spiro atoms. The minimum absolute atomic E-state index is 0.150. The zero-order chi connectivity index (χ0) is 16.4. The summed E-state index contributed by atoms with van der Waals surface area (Å²) < 4.78 is 12.1. The van der Waals surface area contributed by atoms with Crippen molar-refractivity contribution in [3.8, 4) is 0 Å². The molecule has 2 aromatic rings. The average Bonchev–Trinajstić information content (AvgIpc) is 3.14. The third-order valence-corrected chi connectivity index (χ3v) is 4.14.